The molecule has 4 nitrogen and oxygen atoms in total. The number of carbonyl (C=O) groups excluding carboxylic acids is 1. The van der Waals surface area contributed by atoms with Crippen molar-refractivity contribution < 1.29 is 13.9 Å². The molecule has 0 aliphatic rings. The minimum Gasteiger partial charge on any atom is -0.494 e. The van der Waals surface area contributed by atoms with Gasteiger partial charge in [0.2, 0.25) is 5.91 Å². The van der Waals surface area contributed by atoms with Crippen molar-refractivity contribution in [1.29, 1.82) is 0 Å². The van der Waals surface area contributed by atoms with E-state index in [-0.39, 0.29) is 17.7 Å². The summed E-state index contributed by atoms with van der Waals surface area (Å²) < 4.78 is 18.6. The maximum absolute atomic E-state index is 13.7. The van der Waals surface area contributed by atoms with Crippen molar-refractivity contribution in [3.63, 3.8) is 0 Å². The Kier molecular flexibility index (Phi) is 5.71. The third kappa shape index (κ3) is 4.53. The molecule has 0 heterocycles. The maximum Gasteiger partial charge on any atom is 0.241 e. The highest BCUT2D eigenvalue weighted by molar-refractivity contribution is 5.94. The van der Waals surface area contributed by atoms with Crippen LogP contribution in [0, 0.1) is 5.82 Å². The summed E-state index contributed by atoms with van der Waals surface area (Å²) in [4.78, 5) is 14.1. The van der Waals surface area contributed by atoms with Crippen molar-refractivity contribution in [3.8, 4) is 5.75 Å². The zero-order valence-corrected chi connectivity index (χ0v) is 13.5. The van der Waals surface area contributed by atoms with Gasteiger partial charge in [0.25, 0.3) is 0 Å². The molecule has 2 rings (SSSR count). The lowest BCUT2D eigenvalue weighted by Gasteiger charge is -2.24. The molecule has 1 amide bonds. The van der Waals surface area contributed by atoms with E-state index in [9.17, 15) is 9.18 Å². The summed E-state index contributed by atoms with van der Waals surface area (Å²) in [5.41, 5.74) is 1.54. The first-order chi connectivity index (χ1) is 11.0. The highest BCUT2D eigenvalue weighted by Gasteiger charge is 2.18. The molecule has 0 aliphatic carbocycles. The number of para-hydroxylation sites is 1. The second-order valence-corrected chi connectivity index (χ2v) is 5.42. The van der Waals surface area contributed by atoms with Crippen molar-refractivity contribution in [2.45, 2.75) is 19.5 Å². The Morgan fingerprint density at radius 1 is 1.26 bits per heavy atom. The molecule has 2 aromatic carbocycles. The van der Waals surface area contributed by atoms with Crippen LogP contribution in [0.25, 0.3) is 0 Å². The Hall–Kier alpha value is -2.40. The number of halogens is 1. The van der Waals surface area contributed by atoms with Crippen LogP contribution in [-0.2, 0) is 11.3 Å². The third-order valence-electron chi connectivity index (χ3n) is 3.73. The van der Waals surface area contributed by atoms with Crippen LogP contribution in [0.1, 0.15) is 12.5 Å². The minimum atomic E-state index is -0.403. The van der Waals surface area contributed by atoms with Gasteiger partial charge in [0, 0.05) is 12.2 Å². The molecule has 0 unspecified atom stereocenters. The number of carbonyl (C=O) groups is 1. The number of rotatable bonds is 6. The highest BCUT2D eigenvalue weighted by Crippen LogP contribution is 2.19. The topological polar surface area (TPSA) is 41.6 Å². The SMILES string of the molecule is COc1ccc(CN(C)[C@H](C)C(=O)Nc2ccccc2)cc1F. The van der Waals surface area contributed by atoms with E-state index in [1.165, 1.54) is 13.2 Å². The fourth-order valence-electron chi connectivity index (χ4n) is 2.20. The van der Waals surface area contributed by atoms with Gasteiger partial charge < -0.3 is 10.1 Å². The number of hydrogen-bond acceptors (Lipinski definition) is 3. The fraction of sp³-hybridized carbons (Fsp3) is 0.278. The number of amides is 1. The highest BCUT2D eigenvalue weighted by atomic mass is 19.1. The number of nitrogens with one attached hydrogen (secondary N) is 1. The van der Waals surface area contributed by atoms with E-state index in [0.717, 1.165) is 11.3 Å². The maximum atomic E-state index is 13.7. The summed E-state index contributed by atoms with van der Waals surface area (Å²) in [6.45, 7) is 2.28. The van der Waals surface area contributed by atoms with Crippen molar-refractivity contribution >= 4 is 11.6 Å². The molecule has 5 heteroatoms. The molecule has 0 fully saturated rings. The van der Waals surface area contributed by atoms with Gasteiger partial charge in [0.1, 0.15) is 0 Å². The Bertz CT molecular complexity index is 661. The number of anilines is 1. The number of benzene rings is 2. The summed E-state index contributed by atoms with van der Waals surface area (Å²) in [6, 6.07) is 13.8. The summed E-state index contributed by atoms with van der Waals surface area (Å²) in [5.74, 6) is -0.293. The first-order valence-electron chi connectivity index (χ1n) is 7.40. The number of ether oxygens (including phenoxy) is 1. The minimum absolute atomic E-state index is 0.104. The van der Waals surface area contributed by atoms with Crippen LogP contribution in [0.5, 0.6) is 5.75 Å². The smallest absolute Gasteiger partial charge is 0.241 e. The van der Waals surface area contributed by atoms with Crippen LogP contribution in [0.4, 0.5) is 10.1 Å². The number of likely N-dealkylation sites (N-methyl/N-ethyl adjacent to an activating group) is 1. The van der Waals surface area contributed by atoms with Crippen LogP contribution < -0.4 is 10.1 Å². The quantitative estimate of drug-likeness (QED) is 0.889. The Labute approximate surface area is 135 Å². The predicted molar refractivity (Wildman–Crippen MR) is 89.0 cm³/mol. The van der Waals surface area contributed by atoms with Crippen molar-refractivity contribution in [2.24, 2.45) is 0 Å². The monoisotopic (exact) mass is 316 g/mol. The lowest BCUT2D eigenvalue weighted by atomic mass is 10.1. The molecule has 23 heavy (non-hydrogen) atoms. The molecule has 0 spiro atoms. The van der Waals surface area contributed by atoms with Crippen LogP contribution in [0.15, 0.2) is 48.5 Å². The third-order valence-corrected chi connectivity index (χ3v) is 3.73. The largest absolute Gasteiger partial charge is 0.494 e. The zero-order valence-electron chi connectivity index (χ0n) is 13.5. The van der Waals surface area contributed by atoms with E-state index >= 15 is 0 Å². The lowest BCUT2D eigenvalue weighted by Crippen LogP contribution is -2.39. The van der Waals surface area contributed by atoms with Gasteiger partial charge in [-0.05, 0) is 43.8 Å². The standard InChI is InChI=1S/C18H21FN2O2/c1-13(18(22)20-15-7-5-4-6-8-15)21(2)12-14-9-10-17(23-3)16(19)11-14/h4-11,13H,12H2,1-3H3,(H,20,22)/t13-/m1/s1. The summed E-state index contributed by atoms with van der Waals surface area (Å²) in [7, 11) is 3.26. The van der Waals surface area contributed by atoms with Crippen molar-refractivity contribution in [1.82, 2.24) is 4.90 Å². The Morgan fingerprint density at radius 3 is 2.57 bits per heavy atom. The Morgan fingerprint density at radius 2 is 1.96 bits per heavy atom. The van der Waals surface area contributed by atoms with E-state index < -0.39 is 5.82 Å². The first-order valence-corrected chi connectivity index (χ1v) is 7.40. The molecule has 122 valence electrons. The molecule has 0 aliphatic heterocycles. The zero-order chi connectivity index (χ0) is 16.8. The van der Waals surface area contributed by atoms with Gasteiger partial charge in [-0.25, -0.2) is 4.39 Å². The van der Waals surface area contributed by atoms with E-state index in [2.05, 4.69) is 5.32 Å². The van der Waals surface area contributed by atoms with E-state index in [1.807, 2.05) is 49.2 Å². The van der Waals surface area contributed by atoms with Gasteiger partial charge in [0.15, 0.2) is 11.6 Å². The van der Waals surface area contributed by atoms with Crippen molar-refractivity contribution in [3.05, 3.63) is 59.9 Å². The lowest BCUT2D eigenvalue weighted by molar-refractivity contribution is -0.120. The molecular weight excluding hydrogens is 295 g/mol. The average Bonchev–Trinajstić information content (AvgIpc) is 2.55. The van der Waals surface area contributed by atoms with Gasteiger partial charge in [0.05, 0.1) is 13.2 Å². The van der Waals surface area contributed by atoms with Crippen molar-refractivity contribution in [2.75, 3.05) is 19.5 Å². The molecule has 0 aromatic heterocycles. The summed E-state index contributed by atoms with van der Waals surface area (Å²) in [6.07, 6.45) is 0. The van der Waals surface area contributed by atoms with Crippen LogP contribution in [-0.4, -0.2) is 31.0 Å². The molecular formula is C18H21FN2O2. The molecule has 1 N–H and O–H groups in total. The molecule has 0 saturated carbocycles. The van der Waals surface area contributed by atoms with Crippen LogP contribution >= 0.6 is 0 Å². The average molecular weight is 316 g/mol. The number of methoxy groups -OCH3 is 1. The molecule has 2 aromatic rings. The fourth-order valence-corrected chi connectivity index (χ4v) is 2.20. The van der Waals surface area contributed by atoms with Gasteiger partial charge in [-0.15, -0.1) is 0 Å². The van der Waals surface area contributed by atoms with E-state index in [0.29, 0.717) is 6.54 Å². The second-order valence-electron chi connectivity index (χ2n) is 5.42. The molecule has 0 radical (unpaired) electrons. The van der Waals surface area contributed by atoms with Gasteiger partial charge in [-0.3, -0.25) is 9.69 Å². The molecule has 0 bridgehead atoms. The second kappa shape index (κ2) is 7.74. The number of hydrogen-bond donors (Lipinski definition) is 1. The van der Waals surface area contributed by atoms with Gasteiger partial charge in [-0.2, -0.15) is 0 Å². The van der Waals surface area contributed by atoms with E-state index in [4.69, 9.17) is 4.74 Å². The van der Waals surface area contributed by atoms with E-state index in [1.54, 1.807) is 12.1 Å². The summed E-state index contributed by atoms with van der Waals surface area (Å²) >= 11 is 0. The number of nitrogens with zero attached hydrogens (tertiary/aromatic N) is 1. The predicted octanol–water partition coefficient (Wildman–Crippen LogP) is 3.29. The van der Waals surface area contributed by atoms with Gasteiger partial charge in [-0.1, -0.05) is 24.3 Å². The molecule has 0 saturated heterocycles. The normalized spacial score (nSPS) is 12.0. The van der Waals surface area contributed by atoms with Crippen LogP contribution in [0.3, 0.4) is 0 Å². The van der Waals surface area contributed by atoms with Crippen LogP contribution in [0.2, 0.25) is 0 Å². The molecule has 1 atom stereocenters. The summed E-state index contributed by atoms with van der Waals surface area (Å²) in [5, 5.41) is 2.86. The Balaban J connectivity index is 1.97. The van der Waals surface area contributed by atoms with Gasteiger partial charge >= 0.3 is 0 Å². The first kappa shape index (κ1) is 17.0.